The molecule has 2 aromatic carbocycles. The Morgan fingerprint density at radius 2 is 1.76 bits per heavy atom. The second-order valence-electron chi connectivity index (χ2n) is 5.29. The van der Waals surface area contributed by atoms with Gasteiger partial charge in [0, 0.05) is 5.69 Å². The van der Waals surface area contributed by atoms with Crippen LogP contribution in [0.15, 0.2) is 54.1 Å². The molecule has 0 aromatic heterocycles. The molecule has 0 atom stereocenters. The highest BCUT2D eigenvalue weighted by atomic mass is 16.5. The number of aryl methyl sites for hydroxylation is 1. The van der Waals surface area contributed by atoms with Crippen molar-refractivity contribution in [1.82, 2.24) is 0 Å². The number of benzene rings is 2. The van der Waals surface area contributed by atoms with Crippen LogP contribution in [0.2, 0.25) is 0 Å². The first-order valence-electron chi connectivity index (χ1n) is 7.77. The van der Waals surface area contributed by atoms with Crippen molar-refractivity contribution < 1.29 is 14.3 Å². The van der Waals surface area contributed by atoms with E-state index in [0.717, 1.165) is 6.42 Å². The van der Waals surface area contributed by atoms with Crippen LogP contribution in [0, 0.1) is 11.3 Å². The third kappa shape index (κ3) is 4.79. The fourth-order valence-electron chi connectivity index (χ4n) is 2.17. The maximum Gasteiger partial charge on any atom is 0.337 e. The largest absolute Gasteiger partial charge is 0.465 e. The van der Waals surface area contributed by atoms with Gasteiger partial charge in [0.05, 0.1) is 12.7 Å². The minimum absolute atomic E-state index is 0.0228. The number of nitrogens with zero attached hydrogens (tertiary/aromatic N) is 1. The quantitative estimate of drug-likeness (QED) is 0.515. The lowest BCUT2D eigenvalue weighted by atomic mass is 10.1. The standard InChI is InChI=1S/C20H18N2O3/c1-3-14-6-10-18(11-7-14)22-19(23)17(13-21)12-15-4-8-16(9-5-15)20(24)25-2/h4-12H,3H2,1-2H3,(H,22,23). The second kappa shape index (κ2) is 8.46. The molecule has 5 nitrogen and oxygen atoms in total. The average molecular weight is 334 g/mol. The number of carbonyl (C=O) groups is 2. The fraction of sp³-hybridized carbons (Fsp3) is 0.150. The number of hydrogen-bond donors (Lipinski definition) is 1. The Labute approximate surface area is 146 Å². The molecular formula is C20H18N2O3. The maximum absolute atomic E-state index is 12.2. The summed E-state index contributed by atoms with van der Waals surface area (Å²) in [6.07, 6.45) is 2.38. The number of hydrogen-bond acceptors (Lipinski definition) is 4. The molecule has 2 aromatic rings. The Kier molecular flexibility index (Phi) is 6.08. The van der Waals surface area contributed by atoms with E-state index in [0.29, 0.717) is 16.8 Å². The van der Waals surface area contributed by atoms with Gasteiger partial charge in [0.25, 0.3) is 5.91 Å². The summed E-state index contributed by atoms with van der Waals surface area (Å²) in [6, 6.07) is 15.8. The van der Waals surface area contributed by atoms with E-state index in [2.05, 4.69) is 17.0 Å². The summed E-state index contributed by atoms with van der Waals surface area (Å²) < 4.78 is 4.63. The third-order valence-electron chi connectivity index (χ3n) is 3.63. The molecular weight excluding hydrogens is 316 g/mol. The predicted octanol–water partition coefficient (Wildman–Crippen LogP) is 3.58. The fourth-order valence-corrected chi connectivity index (χ4v) is 2.17. The minimum Gasteiger partial charge on any atom is -0.465 e. The van der Waals surface area contributed by atoms with Crippen molar-refractivity contribution in [1.29, 1.82) is 5.26 Å². The van der Waals surface area contributed by atoms with Crippen LogP contribution >= 0.6 is 0 Å². The number of amides is 1. The molecule has 0 saturated carbocycles. The van der Waals surface area contributed by atoms with Gasteiger partial charge in [0.15, 0.2) is 0 Å². The first kappa shape index (κ1) is 18.0. The predicted molar refractivity (Wildman–Crippen MR) is 95.8 cm³/mol. The van der Waals surface area contributed by atoms with Gasteiger partial charge in [-0.1, -0.05) is 31.2 Å². The van der Waals surface area contributed by atoms with E-state index >= 15 is 0 Å². The van der Waals surface area contributed by atoms with E-state index in [9.17, 15) is 14.9 Å². The van der Waals surface area contributed by atoms with E-state index < -0.39 is 11.9 Å². The Balaban J connectivity index is 2.14. The van der Waals surface area contributed by atoms with Gasteiger partial charge < -0.3 is 10.1 Å². The van der Waals surface area contributed by atoms with Crippen molar-refractivity contribution >= 4 is 23.6 Å². The van der Waals surface area contributed by atoms with Crippen LogP contribution in [0.3, 0.4) is 0 Å². The normalized spacial score (nSPS) is 10.7. The van der Waals surface area contributed by atoms with Gasteiger partial charge in [-0.3, -0.25) is 4.79 Å². The second-order valence-corrected chi connectivity index (χ2v) is 5.29. The molecule has 0 fully saturated rings. The maximum atomic E-state index is 12.2. The van der Waals surface area contributed by atoms with E-state index in [1.165, 1.54) is 18.7 Å². The number of rotatable bonds is 5. The number of nitriles is 1. The molecule has 5 heteroatoms. The van der Waals surface area contributed by atoms with E-state index in [1.807, 2.05) is 18.2 Å². The molecule has 2 rings (SSSR count). The van der Waals surface area contributed by atoms with Gasteiger partial charge in [-0.05, 0) is 47.9 Å². The Bertz CT molecular complexity index is 829. The van der Waals surface area contributed by atoms with Crippen molar-refractivity contribution in [3.8, 4) is 6.07 Å². The molecule has 0 bridgehead atoms. The molecule has 0 spiro atoms. The van der Waals surface area contributed by atoms with Crippen LogP contribution < -0.4 is 5.32 Å². The number of ether oxygens (including phenoxy) is 1. The van der Waals surface area contributed by atoms with Gasteiger partial charge in [-0.25, -0.2) is 4.79 Å². The number of anilines is 1. The highest BCUT2D eigenvalue weighted by Gasteiger charge is 2.10. The SMILES string of the molecule is CCc1ccc(NC(=O)C(C#N)=Cc2ccc(C(=O)OC)cc2)cc1. The highest BCUT2D eigenvalue weighted by Crippen LogP contribution is 2.14. The zero-order valence-corrected chi connectivity index (χ0v) is 14.1. The monoisotopic (exact) mass is 334 g/mol. The van der Waals surface area contributed by atoms with Crippen molar-refractivity contribution in [2.75, 3.05) is 12.4 Å². The molecule has 126 valence electrons. The minimum atomic E-state index is -0.483. The Morgan fingerprint density at radius 3 is 2.28 bits per heavy atom. The summed E-state index contributed by atoms with van der Waals surface area (Å²) in [4.78, 5) is 23.7. The summed E-state index contributed by atoms with van der Waals surface area (Å²) in [5, 5.41) is 11.9. The van der Waals surface area contributed by atoms with Crippen LogP contribution in [0.4, 0.5) is 5.69 Å². The molecule has 0 aliphatic rings. The van der Waals surface area contributed by atoms with Gasteiger partial charge in [0.1, 0.15) is 11.6 Å². The van der Waals surface area contributed by atoms with Crippen molar-refractivity contribution in [3.63, 3.8) is 0 Å². The molecule has 0 saturated heterocycles. The van der Waals surface area contributed by atoms with E-state index in [4.69, 9.17) is 0 Å². The van der Waals surface area contributed by atoms with E-state index in [-0.39, 0.29) is 5.57 Å². The van der Waals surface area contributed by atoms with Crippen molar-refractivity contribution in [2.45, 2.75) is 13.3 Å². The summed E-state index contributed by atoms with van der Waals surface area (Å²) in [6.45, 7) is 2.05. The first-order valence-corrected chi connectivity index (χ1v) is 7.77. The number of esters is 1. The van der Waals surface area contributed by atoms with Crippen molar-refractivity contribution in [3.05, 3.63) is 70.8 Å². The molecule has 0 aliphatic heterocycles. The third-order valence-corrected chi connectivity index (χ3v) is 3.63. The summed E-state index contributed by atoms with van der Waals surface area (Å²) in [5.74, 6) is -0.923. The topological polar surface area (TPSA) is 79.2 Å². The summed E-state index contributed by atoms with van der Waals surface area (Å²) >= 11 is 0. The molecule has 0 unspecified atom stereocenters. The molecule has 1 amide bonds. The van der Waals surface area contributed by atoms with Gasteiger partial charge in [-0.15, -0.1) is 0 Å². The lowest BCUT2D eigenvalue weighted by Gasteiger charge is -2.05. The molecule has 0 heterocycles. The highest BCUT2D eigenvalue weighted by molar-refractivity contribution is 6.09. The van der Waals surface area contributed by atoms with Gasteiger partial charge >= 0.3 is 5.97 Å². The number of nitrogens with one attached hydrogen (secondary N) is 1. The smallest absolute Gasteiger partial charge is 0.337 e. The first-order chi connectivity index (χ1) is 12.1. The Morgan fingerprint density at radius 1 is 1.12 bits per heavy atom. The number of methoxy groups -OCH3 is 1. The lowest BCUT2D eigenvalue weighted by molar-refractivity contribution is -0.112. The van der Waals surface area contributed by atoms with Gasteiger partial charge in [0.2, 0.25) is 0 Å². The molecule has 0 radical (unpaired) electrons. The number of carbonyl (C=O) groups excluding carboxylic acids is 2. The van der Waals surface area contributed by atoms with Gasteiger partial charge in [-0.2, -0.15) is 5.26 Å². The zero-order chi connectivity index (χ0) is 18.2. The lowest BCUT2D eigenvalue weighted by Crippen LogP contribution is -2.13. The summed E-state index contributed by atoms with van der Waals surface area (Å²) in [7, 11) is 1.31. The van der Waals surface area contributed by atoms with Crippen LogP contribution in [0.1, 0.15) is 28.4 Å². The molecule has 1 N–H and O–H groups in total. The molecule has 25 heavy (non-hydrogen) atoms. The van der Waals surface area contributed by atoms with Crippen molar-refractivity contribution in [2.24, 2.45) is 0 Å². The Hall–Kier alpha value is -3.39. The molecule has 0 aliphatic carbocycles. The zero-order valence-electron chi connectivity index (χ0n) is 14.1. The van der Waals surface area contributed by atoms with E-state index in [1.54, 1.807) is 36.4 Å². The van der Waals surface area contributed by atoms with Crippen LogP contribution in [-0.2, 0) is 16.0 Å². The summed E-state index contributed by atoms with van der Waals surface area (Å²) in [5.41, 5.74) is 2.81. The van der Waals surface area contributed by atoms with Crippen LogP contribution in [0.25, 0.3) is 6.08 Å². The van der Waals surface area contributed by atoms with Crippen LogP contribution in [0.5, 0.6) is 0 Å². The average Bonchev–Trinajstić information content (AvgIpc) is 2.66. The van der Waals surface area contributed by atoms with Crippen LogP contribution in [-0.4, -0.2) is 19.0 Å².